The Hall–Kier alpha value is -2.60. The van der Waals surface area contributed by atoms with Crippen LogP contribution in [0.4, 0.5) is 0 Å². The van der Waals surface area contributed by atoms with Crippen molar-refractivity contribution in [3.8, 4) is 17.1 Å². The summed E-state index contributed by atoms with van der Waals surface area (Å²) in [6.45, 7) is 4.50. The fraction of sp³-hybridized carbons (Fsp3) is 0.167. The number of thioether (sulfide) groups is 1. The van der Waals surface area contributed by atoms with Crippen molar-refractivity contribution in [3.63, 3.8) is 0 Å². The molecule has 0 unspecified atom stereocenters. The summed E-state index contributed by atoms with van der Waals surface area (Å²) in [6.07, 6.45) is 5.37. The summed E-state index contributed by atoms with van der Waals surface area (Å²) in [5, 5.41) is 9.56. The van der Waals surface area contributed by atoms with Gasteiger partial charge in [-0.3, -0.25) is 9.55 Å². The highest BCUT2D eigenvalue weighted by atomic mass is 32.2. The largest absolute Gasteiger partial charge is 0.497 e. The molecule has 0 N–H and O–H groups in total. The third-order valence-corrected chi connectivity index (χ3v) is 4.53. The molecular weight excluding hydrogens is 320 g/mol. The van der Waals surface area contributed by atoms with Crippen LogP contribution in [-0.4, -0.2) is 26.9 Å². The lowest BCUT2D eigenvalue weighted by atomic mass is 10.2. The predicted octanol–water partition coefficient (Wildman–Crippen LogP) is 3.83. The fourth-order valence-corrected chi connectivity index (χ4v) is 3.18. The Balaban J connectivity index is 1.80. The molecule has 0 fully saturated rings. The lowest BCUT2D eigenvalue weighted by Crippen LogP contribution is -2.00. The second kappa shape index (κ2) is 7.79. The SMILES string of the molecule is C=CCn1c(SCc2ccc(OC)cc2)nnc1-c1ccncc1. The zero-order valence-corrected chi connectivity index (χ0v) is 14.2. The van der Waals surface area contributed by atoms with E-state index >= 15 is 0 Å². The second-order valence-electron chi connectivity index (χ2n) is 5.08. The molecule has 122 valence electrons. The van der Waals surface area contributed by atoms with Gasteiger partial charge >= 0.3 is 0 Å². The van der Waals surface area contributed by atoms with Crippen molar-refractivity contribution >= 4 is 11.8 Å². The van der Waals surface area contributed by atoms with Gasteiger partial charge in [0.15, 0.2) is 11.0 Å². The van der Waals surface area contributed by atoms with Gasteiger partial charge < -0.3 is 4.74 Å². The molecule has 0 aliphatic rings. The first-order chi connectivity index (χ1) is 11.8. The van der Waals surface area contributed by atoms with E-state index in [-0.39, 0.29) is 0 Å². The van der Waals surface area contributed by atoms with E-state index in [4.69, 9.17) is 4.74 Å². The molecule has 2 aromatic heterocycles. The molecule has 0 atom stereocenters. The highest BCUT2D eigenvalue weighted by molar-refractivity contribution is 7.98. The van der Waals surface area contributed by atoms with Gasteiger partial charge in [-0.2, -0.15) is 0 Å². The van der Waals surface area contributed by atoms with Crippen molar-refractivity contribution < 1.29 is 4.74 Å². The highest BCUT2D eigenvalue weighted by Crippen LogP contribution is 2.26. The van der Waals surface area contributed by atoms with Gasteiger partial charge in [0.05, 0.1) is 7.11 Å². The first-order valence-corrected chi connectivity index (χ1v) is 8.50. The zero-order valence-electron chi connectivity index (χ0n) is 13.4. The number of pyridine rings is 1. The van der Waals surface area contributed by atoms with Gasteiger partial charge in [0.2, 0.25) is 0 Å². The Morgan fingerprint density at radius 2 is 1.88 bits per heavy atom. The fourth-order valence-electron chi connectivity index (χ4n) is 2.27. The molecule has 0 bridgehead atoms. The molecule has 0 radical (unpaired) electrons. The molecule has 1 aromatic carbocycles. The van der Waals surface area contributed by atoms with Crippen LogP contribution in [0.3, 0.4) is 0 Å². The highest BCUT2D eigenvalue weighted by Gasteiger charge is 2.13. The molecule has 3 rings (SSSR count). The van der Waals surface area contributed by atoms with E-state index in [1.54, 1.807) is 31.3 Å². The standard InChI is InChI=1S/C18H18N4OS/c1-3-12-22-17(15-8-10-19-11-9-15)20-21-18(22)24-13-14-4-6-16(23-2)7-5-14/h3-11H,1,12-13H2,2H3. The molecule has 6 heteroatoms. The first-order valence-electron chi connectivity index (χ1n) is 7.52. The van der Waals surface area contributed by atoms with Crippen molar-refractivity contribution in [3.05, 3.63) is 67.0 Å². The van der Waals surface area contributed by atoms with E-state index < -0.39 is 0 Å². The molecule has 0 aliphatic carbocycles. The van der Waals surface area contributed by atoms with Crippen molar-refractivity contribution in [1.29, 1.82) is 0 Å². The number of hydrogen-bond donors (Lipinski definition) is 0. The first kappa shape index (κ1) is 16.3. The van der Waals surface area contributed by atoms with Crippen molar-refractivity contribution in [2.24, 2.45) is 0 Å². The van der Waals surface area contributed by atoms with Crippen LogP contribution < -0.4 is 4.74 Å². The number of benzene rings is 1. The van der Waals surface area contributed by atoms with Crippen LogP contribution in [0.1, 0.15) is 5.56 Å². The number of nitrogens with zero attached hydrogens (tertiary/aromatic N) is 4. The number of allylic oxidation sites excluding steroid dienone is 1. The Morgan fingerprint density at radius 1 is 1.12 bits per heavy atom. The monoisotopic (exact) mass is 338 g/mol. The molecule has 2 heterocycles. The Kier molecular flexibility index (Phi) is 5.28. The average molecular weight is 338 g/mol. The van der Waals surface area contributed by atoms with E-state index in [0.29, 0.717) is 6.54 Å². The third kappa shape index (κ3) is 3.65. The molecule has 5 nitrogen and oxygen atoms in total. The topological polar surface area (TPSA) is 52.8 Å². The van der Waals surface area contributed by atoms with Gasteiger partial charge in [0, 0.05) is 30.3 Å². The van der Waals surface area contributed by atoms with Gasteiger partial charge in [-0.15, -0.1) is 16.8 Å². The smallest absolute Gasteiger partial charge is 0.192 e. The molecular formula is C18H18N4OS. The van der Waals surface area contributed by atoms with Gasteiger partial charge in [0.25, 0.3) is 0 Å². The maximum absolute atomic E-state index is 5.19. The normalized spacial score (nSPS) is 10.5. The lowest BCUT2D eigenvalue weighted by Gasteiger charge is -2.08. The zero-order chi connectivity index (χ0) is 16.8. The Bertz CT molecular complexity index is 800. The van der Waals surface area contributed by atoms with Crippen LogP contribution in [0.5, 0.6) is 5.75 Å². The molecule has 0 saturated carbocycles. The van der Waals surface area contributed by atoms with Gasteiger partial charge in [-0.25, -0.2) is 0 Å². The summed E-state index contributed by atoms with van der Waals surface area (Å²) >= 11 is 1.65. The van der Waals surface area contributed by atoms with E-state index in [1.165, 1.54) is 5.56 Å². The molecule has 0 saturated heterocycles. The minimum atomic E-state index is 0.662. The van der Waals surface area contributed by atoms with E-state index in [2.05, 4.69) is 38.5 Å². The predicted molar refractivity (Wildman–Crippen MR) is 96.0 cm³/mol. The summed E-state index contributed by atoms with van der Waals surface area (Å²) in [4.78, 5) is 4.05. The molecule has 0 aliphatic heterocycles. The van der Waals surface area contributed by atoms with Crippen LogP contribution in [-0.2, 0) is 12.3 Å². The van der Waals surface area contributed by atoms with E-state index in [0.717, 1.165) is 28.0 Å². The third-order valence-electron chi connectivity index (χ3n) is 3.49. The van der Waals surface area contributed by atoms with Crippen LogP contribution in [0, 0.1) is 0 Å². The summed E-state index contributed by atoms with van der Waals surface area (Å²) in [5.74, 6) is 2.50. The van der Waals surface area contributed by atoms with Crippen LogP contribution in [0.15, 0.2) is 66.6 Å². The summed E-state index contributed by atoms with van der Waals surface area (Å²) in [5.41, 5.74) is 2.20. The average Bonchev–Trinajstić information content (AvgIpc) is 3.04. The molecule has 0 spiro atoms. The van der Waals surface area contributed by atoms with Crippen LogP contribution in [0.25, 0.3) is 11.4 Å². The molecule has 0 amide bonds. The molecule has 3 aromatic rings. The quantitative estimate of drug-likeness (QED) is 0.484. The number of hydrogen-bond acceptors (Lipinski definition) is 5. The summed E-state index contributed by atoms with van der Waals surface area (Å²) < 4.78 is 7.25. The van der Waals surface area contributed by atoms with Crippen molar-refractivity contribution in [2.75, 3.05) is 7.11 Å². The maximum Gasteiger partial charge on any atom is 0.192 e. The van der Waals surface area contributed by atoms with Crippen LogP contribution >= 0.6 is 11.8 Å². The number of methoxy groups -OCH3 is 1. The Labute approximate surface area is 145 Å². The van der Waals surface area contributed by atoms with Gasteiger partial charge in [0.1, 0.15) is 5.75 Å². The van der Waals surface area contributed by atoms with Gasteiger partial charge in [-0.05, 0) is 29.8 Å². The molecule has 24 heavy (non-hydrogen) atoms. The maximum atomic E-state index is 5.19. The number of aromatic nitrogens is 4. The summed E-state index contributed by atoms with van der Waals surface area (Å²) in [7, 11) is 1.67. The Morgan fingerprint density at radius 3 is 2.54 bits per heavy atom. The van der Waals surface area contributed by atoms with E-state index in [1.807, 2.05) is 30.3 Å². The number of ether oxygens (including phenoxy) is 1. The number of rotatable bonds is 7. The van der Waals surface area contributed by atoms with Crippen molar-refractivity contribution in [1.82, 2.24) is 19.7 Å². The van der Waals surface area contributed by atoms with Crippen molar-refractivity contribution in [2.45, 2.75) is 17.5 Å². The minimum Gasteiger partial charge on any atom is -0.497 e. The lowest BCUT2D eigenvalue weighted by molar-refractivity contribution is 0.414. The van der Waals surface area contributed by atoms with E-state index in [9.17, 15) is 0 Å². The second-order valence-corrected chi connectivity index (χ2v) is 6.02. The van der Waals surface area contributed by atoms with Crippen LogP contribution in [0.2, 0.25) is 0 Å². The van der Waals surface area contributed by atoms with Gasteiger partial charge in [-0.1, -0.05) is 30.0 Å². The summed E-state index contributed by atoms with van der Waals surface area (Å²) in [6, 6.07) is 11.9. The minimum absolute atomic E-state index is 0.662.